The van der Waals surface area contributed by atoms with Crippen molar-refractivity contribution in [3.8, 4) is 0 Å². The molecule has 0 N–H and O–H groups in total. The van der Waals surface area contributed by atoms with Crippen LogP contribution in [0.5, 0.6) is 0 Å². The Labute approximate surface area is 162 Å². The summed E-state index contributed by atoms with van der Waals surface area (Å²) in [6.07, 6.45) is 0.914. The third-order valence-corrected chi connectivity index (χ3v) is 6.46. The van der Waals surface area contributed by atoms with Crippen LogP contribution in [-0.2, 0) is 0 Å². The fourth-order valence-corrected chi connectivity index (χ4v) is 4.68. The van der Waals surface area contributed by atoms with E-state index in [0.29, 0.717) is 48.8 Å². The molecule has 0 bridgehead atoms. The second-order valence-electron chi connectivity index (χ2n) is 8.45. The Hall–Kier alpha value is -1.46. The zero-order valence-corrected chi connectivity index (χ0v) is 16.0. The fourth-order valence-electron chi connectivity index (χ4n) is 4.68. The topological polar surface area (TPSA) is 0 Å². The van der Waals surface area contributed by atoms with Crippen LogP contribution in [0.2, 0.25) is 0 Å². The molecule has 0 saturated heterocycles. The van der Waals surface area contributed by atoms with Gasteiger partial charge < -0.3 is 0 Å². The normalized spacial score (nSPS) is 29.8. The summed E-state index contributed by atoms with van der Waals surface area (Å²) < 4.78 is 79.5. The maximum absolute atomic E-state index is 14.7. The van der Waals surface area contributed by atoms with Gasteiger partial charge in [-0.2, -0.15) is 13.2 Å². The van der Waals surface area contributed by atoms with Crippen molar-refractivity contribution in [2.24, 2.45) is 11.8 Å². The largest absolute Gasteiger partial charge is 0.442 e. The number of rotatable bonds is 3. The highest BCUT2D eigenvalue weighted by molar-refractivity contribution is 5.32. The predicted molar refractivity (Wildman–Crippen MR) is 96.7 cm³/mol. The van der Waals surface area contributed by atoms with E-state index in [1.165, 1.54) is 0 Å². The number of hydrogen-bond donors (Lipinski definition) is 0. The number of allylic oxidation sites excluding steroid dienone is 2. The maximum atomic E-state index is 14.7. The van der Waals surface area contributed by atoms with Gasteiger partial charge >= 0.3 is 6.18 Å². The number of halogens is 6. The van der Waals surface area contributed by atoms with Gasteiger partial charge in [0.1, 0.15) is 0 Å². The van der Waals surface area contributed by atoms with E-state index < -0.39 is 29.6 Å². The van der Waals surface area contributed by atoms with Gasteiger partial charge in [0.2, 0.25) is 0 Å². The summed E-state index contributed by atoms with van der Waals surface area (Å²) in [6, 6.07) is 3.33. The molecule has 28 heavy (non-hydrogen) atoms. The van der Waals surface area contributed by atoms with E-state index in [0.717, 1.165) is 25.7 Å². The molecule has 2 aliphatic rings. The van der Waals surface area contributed by atoms with Gasteiger partial charge in [-0.25, -0.2) is 13.2 Å². The van der Waals surface area contributed by atoms with Crippen LogP contribution >= 0.6 is 0 Å². The first kappa shape index (κ1) is 21.3. The first-order valence-corrected chi connectivity index (χ1v) is 10.1. The van der Waals surface area contributed by atoms with Gasteiger partial charge in [0.15, 0.2) is 17.5 Å². The van der Waals surface area contributed by atoms with Crippen LogP contribution in [0.4, 0.5) is 26.3 Å². The molecule has 0 nitrogen and oxygen atoms in total. The van der Waals surface area contributed by atoms with Crippen molar-refractivity contribution in [1.82, 2.24) is 0 Å². The van der Waals surface area contributed by atoms with E-state index in [2.05, 4.69) is 6.92 Å². The summed E-state index contributed by atoms with van der Waals surface area (Å²) in [5, 5.41) is 0. The molecule has 3 rings (SSSR count). The van der Waals surface area contributed by atoms with Crippen molar-refractivity contribution in [2.45, 2.75) is 76.3 Å². The molecule has 1 aromatic rings. The molecule has 0 radical (unpaired) electrons. The van der Waals surface area contributed by atoms with Gasteiger partial charge in [0.25, 0.3) is 0 Å². The van der Waals surface area contributed by atoms with Crippen LogP contribution in [0.25, 0.3) is 0 Å². The molecule has 1 aromatic carbocycles. The van der Waals surface area contributed by atoms with Crippen molar-refractivity contribution in [3.63, 3.8) is 0 Å². The molecule has 0 spiro atoms. The van der Waals surface area contributed by atoms with Crippen LogP contribution in [0, 0.1) is 23.5 Å². The third-order valence-electron chi connectivity index (χ3n) is 6.46. The molecule has 0 atom stereocenters. The molecule has 2 aliphatic carbocycles. The standard InChI is InChI=1S/C22H26F6/c1-13-2-6-15(7-3-13)17-10-11-18(21(25)20(17)24)16-8-4-14(5-9-16)12-19(23)22(26,27)28/h10-16H,2-9H2,1H3. The quantitative estimate of drug-likeness (QED) is 0.449. The Kier molecular flexibility index (Phi) is 6.45. The van der Waals surface area contributed by atoms with Crippen LogP contribution in [0.3, 0.4) is 0 Å². The first-order valence-electron chi connectivity index (χ1n) is 10.1. The van der Waals surface area contributed by atoms with Crippen molar-refractivity contribution in [2.75, 3.05) is 0 Å². The highest BCUT2D eigenvalue weighted by atomic mass is 19.4. The van der Waals surface area contributed by atoms with E-state index in [1.54, 1.807) is 12.1 Å². The number of alkyl halides is 3. The summed E-state index contributed by atoms with van der Waals surface area (Å²) in [5.74, 6) is -3.76. The highest BCUT2D eigenvalue weighted by Gasteiger charge is 2.36. The average Bonchev–Trinajstić information content (AvgIpc) is 2.65. The Bertz CT molecular complexity index is 704. The maximum Gasteiger partial charge on any atom is 0.442 e. The van der Waals surface area contributed by atoms with Gasteiger partial charge in [-0.15, -0.1) is 0 Å². The molecule has 0 aromatic heterocycles. The molecule has 2 fully saturated rings. The lowest BCUT2D eigenvalue weighted by molar-refractivity contribution is -0.109. The van der Waals surface area contributed by atoms with Crippen LogP contribution in [-0.4, -0.2) is 6.18 Å². The molecule has 0 unspecified atom stereocenters. The van der Waals surface area contributed by atoms with Crippen LogP contribution in [0.1, 0.15) is 81.3 Å². The lowest BCUT2D eigenvalue weighted by Gasteiger charge is -2.29. The second kappa shape index (κ2) is 8.50. The fraction of sp³-hybridized carbons (Fsp3) is 0.636. The summed E-state index contributed by atoms with van der Waals surface area (Å²) in [6.45, 7) is 2.17. The highest BCUT2D eigenvalue weighted by Crippen LogP contribution is 2.42. The van der Waals surface area contributed by atoms with Gasteiger partial charge in [0.05, 0.1) is 0 Å². The number of benzene rings is 1. The smallest absolute Gasteiger partial charge is 0.203 e. The van der Waals surface area contributed by atoms with Gasteiger partial charge in [0, 0.05) is 0 Å². The molecule has 0 heterocycles. The van der Waals surface area contributed by atoms with E-state index in [4.69, 9.17) is 0 Å². The monoisotopic (exact) mass is 404 g/mol. The minimum atomic E-state index is -4.96. The summed E-state index contributed by atoms with van der Waals surface area (Å²) >= 11 is 0. The van der Waals surface area contributed by atoms with Crippen molar-refractivity contribution >= 4 is 0 Å². The Morgan fingerprint density at radius 3 is 1.68 bits per heavy atom. The number of hydrogen-bond acceptors (Lipinski definition) is 0. The van der Waals surface area contributed by atoms with E-state index in [-0.39, 0.29) is 11.8 Å². The van der Waals surface area contributed by atoms with E-state index in [9.17, 15) is 26.3 Å². The van der Waals surface area contributed by atoms with E-state index in [1.807, 2.05) is 0 Å². The molecule has 0 amide bonds. The van der Waals surface area contributed by atoms with Gasteiger partial charge in [-0.1, -0.05) is 31.9 Å². The zero-order valence-electron chi connectivity index (χ0n) is 16.0. The molecular weight excluding hydrogens is 378 g/mol. The van der Waals surface area contributed by atoms with Gasteiger partial charge in [-0.05, 0) is 79.4 Å². The lowest BCUT2D eigenvalue weighted by atomic mass is 9.76. The van der Waals surface area contributed by atoms with Crippen LogP contribution in [0.15, 0.2) is 24.0 Å². The molecule has 2 saturated carbocycles. The minimum Gasteiger partial charge on any atom is -0.203 e. The van der Waals surface area contributed by atoms with Crippen LogP contribution < -0.4 is 0 Å². The molecule has 0 aliphatic heterocycles. The summed E-state index contributed by atoms with van der Waals surface area (Å²) in [7, 11) is 0. The lowest BCUT2D eigenvalue weighted by Crippen LogP contribution is -2.17. The second-order valence-corrected chi connectivity index (χ2v) is 8.45. The summed E-state index contributed by atoms with van der Waals surface area (Å²) in [5.41, 5.74) is 0.737. The summed E-state index contributed by atoms with van der Waals surface area (Å²) in [4.78, 5) is 0. The van der Waals surface area contributed by atoms with Crippen molar-refractivity contribution in [1.29, 1.82) is 0 Å². The minimum absolute atomic E-state index is 0.0472. The Morgan fingerprint density at radius 1 is 0.821 bits per heavy atom. The first-order chi connectivity index (χ1) is 13.2. The third kappa shape index (κ3) is 4.74. The Balaban J connectivity index is 1.68. The average molecular weight is 404 g/mol. The van der Waals surface area contributed by atoms with Crippen molar-refractivity contribution < 1.29 is 26.3 Å². The SMILES string of the molecule is CC1CCC(c2ccc(C3CCC(C=C(F)C(F)(F)F)CC3)c(F)c2F)CC1. The molecule has 6 heteroatoms. The molecule has 156 valence electrons. The van der Waals surface area contributed by atoms with E-state index >= 15 is 0 Å². The molecular formula is C22H26F6. The predicted octanol–water partition coefficient (Wildman–Crippen LogP) is 7.95. The van der Waals surface area contributed by atoms with Crippen molar-refractivity contribution in [3.05, 3.63) is 46.8 Å². The zero-order chi connectivity index (χ0) is 20.5. The van der Waals surface area contributed by atoms with Gasteiger partial charge in [-0.3, -0.25) is 0 Å². The Morgan fingerprint density at radius 2 is 1.25 bits per heavy atom.